The summed E-state index contributed by atoms with van der Waals surface area (Å²) >= 11 is 0. The molecule has 2 atom stereocenters. The van der Waals surface area contributed by atoms with Crippen LogP contribution in [-0.2, 0) is 9.59 Å². The van der Waals surface area contributed by atoms with Crippen LogP contribution in [0.15, 0.2) is 0 Å². The van der Waals surface area contributed by atoms with Gasteiger partial charge >= 0.3 is 11.9 Å². The van der Waals surface area contributed by atoms with Gasteiger partial charge in [-0.05, 0) is 19.3 Å². The Morgan fingerprint density at radius 2 is 1.92 bits per heavy atom. The molecule has 0 bridgehead atoms. The van der Waals surface area contributed by atoms with Gasteiger partial charge in [0, 0.05) is 0 Å². The third-order valence-corrected chi connectivity index (χ3v) is 2.32. The Hall–Kier alpha value is -1.14. The zero-order valence-electron chi connectivity index (χ0n) is 6.99. The predicted octanol–water partition coefficient (Wildman–Crippen LogP) is -1.17. The molecule has 1 saturated carbocycles. The Kier molecular flexibility index (Phi) is 3.39. The van der Waals surface area contributed by atoms with Gasteiger partial charge in [-0.1, -0.05) is 0 Å². The van der Waals surface area contributed by atoms with Crippen LogP contribution in [0.5, 0.6) is 0 Å². The van der Waals surface area contributed by atoms with Crippen LogP contribution in [-0.4, -0.2) is 33.2 Å². The lowest BCUT2D eigenvalue weighted by Crippen LogP contribution is -2.45. The number of nitrogens with two attached hydrogens (primary N) is 1. The fraction of sp³-hybridized carbons (Fsp3) is 0.714. The molecule has 6 nitrogen and oxygen atoms in total. The van der Waals surface area contributed by atoms with Crippen molar-refractivity contribution >= 4 is 11.9 Å². The van der Waals surface area contributed by atoms with Gasteiger partial charge in [-0.2, -0.15) is 0 Å². The highest BCUT2D eigenvalue weighted by Gasteiger charge is 2.44. The Labute approximate surface area is 74.7 Å². The minimum Gasteiger partial charge on any atom is -0.481 e. The lowest BCUT2D eigenvalue weighted by molar-refractivity contribution is -0.144. The van der Waals surface area contributed by atoms with E-state index in [1.807, 2.05) is 0 Å². The highest BCUT2D eigenvalue weighted by atomic mass is 16.4. The lowest BCUT2D eigenvalue weighted by Gasteiger charge is -2.16. The van der Waals surface area contributed by atoms with Crippen molar-refractivity contribution in [3.8, 4) is 0 Å². The number of carbonyl (C=O) groups is 2. The molecule has 0 heterocycles. The molecule has 1 aliphatic rings. The summed E-state index contributed by atoms with van der Waals surface area (Å²) in [7, 11) is 0. The molecule has 1 rings (SSSR count). The fourth-order valence-corrected chi connectivity index (χ4v) is 1.48. The normalized spacial score (nSPS) is 32.2. The molecule has 0 radical (unpaired) electrons. The zero-order chi connectivity index (χ0) is 9.35. The van der Waals surface area contributed by atoms with Crippen LogP contribution in [0.1, 0.15) is 19.3 Å². The summed E-state index contributed by atoms with van der Waals surface area (Å²) in [5.74, 6) is -2.65. The summed E-state index contributed by atoms with van der Waals surface area (Å²) in [6, 6.07) is 0. The first-order valence-electron chi connectivity index (χ1n) is 3.71. The van der Waals surface area contributed by atoms with Crippen molar-refractivity contribution in [3.05, 3.63) is 0 Å². The standard InChI is InChI=1S/C7H11NO4.H2O/c8-7(6(11)12)2-1-4(3-7)5(9)10;/h4H,1-3,8H2,(H,9,10)(H,11,12);1H2/t4?,7-;/m0./s1. The van der Waals surface area contributed by atoms with E-state index in [1.165, 1.54) is 0 Å². The topological polar surface area (TPSA) is 132 Å². The maximum absolute atomic E-state index is 10.6. The minimum atomic E-state index is -1.32. The molecule has 0 amide bonds. The van der Waals surface area contributed by atoms with Crippen LogP contribution in [0.4, 0.5) is 0 Å². The van der Waals surface area contributed by atoms with Gasteiger partial charge < -0.3 is 21.4 Å². The van der Waals surface area contributed by atoms with E-state index in [0.717, 1.165) is 0 Å². The van der Waals surface area contributed by atoms with Crippen LogP contribution in [0.25, 0.3) is 0 Å². The van der Waals surface area contributed by atoms with E-state index in [4.69, 9.17) is 15.9 Å². The second kappa shape index (κ2) is 3.71. The van der Waals surface area contributed by atoms with Crippen LogP contribution >= 0.6 is 0 Å². The van der Waals surface area contributed by atoms with Crippen molar-refractivity contribution in [2.24, 2.45) is 11.7 Å². The van der Waals surface area contributed by atoms with Crippen molar-refractivity contribution in [2.75, 3.05) is 0 Å². The van der Waals surface area contributed by atoms with Gasteiger partial charge in [0.15, 0.2) is 0 Å². The average Bonchev–Trinajstić information content (AvgIpc) is 2.33. The molecular formula is C7H13NO5. The maximum atomic E-state index is 10.6. The number of hydrogen-bond donors (Lipinski definition) is 3. The smallest absolute Gasteiger partial charge is 0.323 e. The van der Waals surface area contributed by atoms with Crippen LogP contribution < -0.4 is 5.73 Å². The lowest BCUT2D eigenvalue weighted by atomic mass is 9.98. The van der Waals surface area contributed by atoms with Gasteiger partial charge in [-0.15, -0.1) is 0 Å². The molecule has 1 unspecified atom stereocenters. The van der Waals surface area contributed by atoms with Crippen molar-refractivity contribution in [2.45, 2.75) is 24.8 Å². The molecule has 0 spiro atoms. The molecule has 0 saturated heterocycles. The van der Waals surface area contributed by atoms with E-state index in [-0.39, 0.29) is 18.3 Å². The Bertz CT molecular complexity index is 229. The molecule has 1 fully saturated rings. The predicted molar refractivity (Wildman–Crippen MR) is 43.1 cm³/mol. The molecule has 76 valence electrons. The molecule has 6 N–H and O–H groups in total. The SMILES string of the molecule is N[C@@]1(C(=O)O)CCC(C(=O)O)C1.O. The van der Waals surface area contributed by atoms with E-state index in [9.17, 15) is 9.59 Å². The molecule has 0 aromatic heterocycles. The van der Waals surface area contributed by atoms with Gasteiger partial charge in [0.1, 0.15) is 5.54 Å². The Morgan fingerprint density at radius 3 is 2.15 bits per heavy atom. The largest absolute Gasteiger partial charge is 0.481 e. The van der Waals surface area contributed by atoms with Crippen LogP contribution in [0.2, 0.25) is 0 Å². The van der Waals surface area contributed by atoms with E-state index < -0.39 is 23.4 Å². The van der Waals surface area contributed by atoms with Crippen molar-refractivity contribution in [1.82, 2.24) is 0 Å². The number of hydrogen-bond acceptors (Lipinski definition) is 3. The van der Waals surface area contributed by atoms with Gasteiger partial charge in [0.2, 0.25) is 0 Å². The summed E-state index contributed by atoms with van der Waals surface area (Å²) in [6.45, 7) is 0. The minimum absolute atomic E-state index is 0. The second-order valence-corrected chi connectivity index (χ2v) is 3.24. The third-order valence-electron chi connectivity index (χ3n) is 2.32. The fourth-order valence-electron chi connectivity index (χ4n) is 1.48. The van der Waals surface area contributed by atoms with Crippen LogP contribution in [0.3, 0.4) is 0 Å². The molecule has 13 heavy (non-hydrogen) atoms. The van der Waals surface area contributed by atoms with Gasteiger partial charge in [0.25, 0.3) is 0 Å². The summed E-state index contributed by atoms with van der Waals surface area (Å²) in [5, 5.41) is 17.2. The van der Waals surface area contributed by atoms with E-state index in [1.54, 1.807) is 0 Å². The summed E-state index contributed by atoms with van der Waals surface area (Å²) in [5.41, 5.74) is 4.15. The van der Waals surface area contributed by atoms with Crippen molar-refractivity contribution in [3.63, 3.8) is 0 Å². The summed E-state index contributed by atoms with van der Waals surface area (Å²) in [4.78, 5) is 21.0. The number of carboxylic acid groups (broad SMARTS) is 2. The molecule has 0 aromatic rings. The first-order chi connectivity index (χ1) is 5.46. The zero-order valence-corrected chi connectivity index (χ0v) is 6.99. The first-order valence-corrected chi connectivity index (χ1v) is 3.71. The quantitative estimate of drug-likeness (QED) is 0.505. The van der Waals surface area contributed by atoms with E-state index in [0.29, 0.717) is 6.42 Å². The second-order valence-electron chi connectivity index (χ2n) is 3.24. The van der Waals surface area contributed by atoms with Crippen LogP contribution in [0, 0.1) is 5.92 Å². The van der Waals surface area contributed by atoms with E-state index >= 15 is 0 Å². The maximum Gasteiger partial charge on any atom is 0.323 e. The molecule has 0 aliphatic heterocycles. The highest BCUT2D eigenvalue weighted by Crippen LogP contribution is 2.32. The van der Waals surface area contributed by atoms with Crippen molar-refractivity contribution < 1.29 is 25.3 Å². The van der Waals surface area contributed by atoms with Gasteiger partial charge in [0.05, 0.1) is 5.92 Å². The number of rotatable bonds is 2. The number of carboxylic acids is 2. The Balaban J connectivity index is 0.00000144. The molecule has 6 heteroatoms. The summed E-state index contributed by atoms with van der Waals surface area (Å²) in [6.07, 6.45) is 0.648. The van der Waals surface area contributed by atoms with Gasteiger partial charge in [-0.25, -0.2) is 0 Å². The summed E-state index contributed by atoms with van der Waals surface area (Å²) < 4.78 is 0. The molecule has 1 aliphatic carbocycles. The number of aliphatic carboxylic acids is 2. The Morgan fingerprint density at radius 1 is 1.38 bits per heavy atom. The van der Waals surface area contributed by atoms with Gasteiger partial charge in [-0.3, -0.25) is 9.59 Å². The molecular weight excluding hydrogens is 178 g/mol. The first kappa shape index (κ1) is 11.9. The monoisotopic (exact) mass is 191 g/mol. The van der Waals surface area contributed by atoms with E-state index in [2.05, 4.69) is 0 Å². The highest BCUT2D eigenvalue weighted by molar-refractivity contribution is 5.81. The molecule has 0 aromatic carbocycles. The average molecular weight is 191 g/mol. The van der Waals surface area contributed by atoms with Crippen molar-refractivity contribution in [1.29, 1.82) is 0 Å². The third kappa shape index (κ3) is 2.16.